The minimum Gasteiger partial charge on any atom is -0.336 e. The van der Waals surface area contributed by atoms with Gasteiger partial charge in [-0.25, -0.2) is 32.5 Å². The molecule has 3 aromatic heterocycles. The third kappa shape index (κ3) is 5.89. The number of rotatable bonds is 9. The number of anilines is 2. The average molecular weight is 616 g/mol. The predicted octanol–water partition coefficient (Wildman–Crippen LogP) is 4.95. The van der Waals surface area contributed by atoms with E-state index in [-0.39, 0.29) is 28.5 Å². The van der Waals surface area contributed by atoms with Crippen LogP contribution in [0.2, 0.25) is 5.02 Å². The Hall–Kier alpha value is -4.17. The Kier molecular flexibility index (Phi) is 7.97. The van der Waals surface area contributed by atoms with Gasteiger partial charge >= 0.3 is 0 Å². The molecule has 10 nitrogen and oxygen atoms in total. The Morgan fingerprint density at radius 2 is 1.91 bits per heavy atom. The van der Waals surface area contributed by atoms with Crippen LogP contribution in [-0.4, -0.2) is 78.9 Å². The fraction of sp³-hybridized carbons (Fsp3) is 0.357. The van der Waals surface area contributed by atoms with E-state index in [9.17, 15) is 22.4 Å². The molecular formula is C28H26ClF4N9O. The van der Waals surface area contributed by atoms with Crippen molar-refractivity contribution >= 4 is 29.1 Å². The molecule has 2 aliphatic heterocycles. The predicted molar refractivity (Wildman–Crippen MR) is 151 cm³/mol. The third-order valence-corrected chi connectivity index (χ3v) is 7.96. The summed E-state index contributed by atoms with van der Waals surface area (Å²) in [6.07, 6.45) is 6.02. The molecular weight excluding hydrogens is 590 g/mol. The SMILES string of the molecule is CC(c1cnc(N2CC[C@H]2CN2CC(F)C2)nc1)n1cc(NC(=O)c2cncc(-c3c(C(F)F)ccc(Cl)c3F)n2)cn1. The minimum absolute atomic E-state index is 0.218. The van der Waals surface area contributed by atoms with E-state index < -0.39 is 35.4 Å². The summed E-state index contributed by atoms with van der Waals surface area (Å²) < 4.78 is 56.6. The summed E-state index contributed by atoms with van der Waals surface area (Å²) in [5.41, 5.74) is -0.474. The Morgan fingerprint density at radius 1 is 1.14 bits per heavy atom. The number of hydrogen-bond donors (Lipinski definition) is 1. The van der Waals surface area contributed by atoms with Gasteiger partial charge < -0.3 is 10.2 Å². The molecule has 4 aromatic rings. The minimum atomic E-state index is -3.00. The van der Waals surface area contributed by atoms with Gasteiger partial charge in [-0.3, -0.25) is 19.4 Å². The number of carbonyl (C=O) groups excluding carboxylic acids is 1. The maximum atomic E-state index is 14.7. The van der Waals surface area contributed by atoms with Crippen molar-refractivity contribution in [2.24, 2.45) is 0 Å². The first kappa shape index (κ1) is 28.9. The van der Waals surface area contributed by atoms with Gasteiger partial charge in [-0.2, -0.15) is 5.10 Å². The number of halogens is 5. The maximum absolute atomic E-state index is 14.7. The summed E-state index contributed by atoms with van der Waals surface area (Å²) in [5.74, 6) is -1.15. The van der Waals surface area contributed by atoms with Crippen LogP contribution in [0.5, 0.6) is 0 Å². The Morgan fingerprint density at radius 3 is 2.58 bits per heavy atom. The molecule has 1 unspecified atom stereocenters. The van der Waals surface area contributed by atoms with Gasteiger partial charge in [0.05, 0.1) is 41.0 Å². The molecule has 2 fully saturated rings. The molecule has 0 saturated carbocycles. The van der Waals surface area contributed by atoms with Gasteiger partial charge in [-0.1, -0.05) is 17.7 Å². The molecule has 0 radical (unpaired) electrons. The lowest BCUT2D eigenvalue weighted by molar-refractivity contribution is 0.0544. The monoisotopic (exact) mass is 615 g/mol. The van der Waals surface area contributed by atoms with Crippen LogP contribution < -0.4 is 10.2 Å². The zero-order chi connectivity index (χ0) is 30.2. The molecule has 0 spiro atoms. The standard InChI is InChI=1S/C28H26ClF4N9O/c1-15(16-6-35-28(36-7-16)41-5-4-19(41)14-40-11-17(30)12-40)42-13-18(8-37-42)38-27(43)23-10-34-9-22(39-23)24-20(26(32)33)2-3-21(29)25(24)31/h2-3,6-10,13,15,17,19,26H,4-5,11-12,14H2,1H3,(H,38,43)/t15?,19-/m0/s1. The van der Waals surface area contributed by atoms with Crippen molar-refractivity contribution in [1.29, 1.82) is 0 Å². The lowest BCUT2D eigenvalue weighted by Crippen LogP contribution is -2.59. The molecule has 43 heavy (non-hydrogen) atoms. The molecule has 1 aromatic carbocycles. The molecule has 2 atom stereocenters. The molecule has 15 heteroatoms. The molecule has 1 amide bonds. The second-order valence-corrected chi connectivity index (χ2v) is 10.9. The lowest BCUT2D eigenvalue weighted by atomic mass is 10.0. The van der Waals surface area contributed by atoms with Crippen LogP contribution in [0.15, 0.2) is 49.3 Å². The number of aromatic nitrogens is 6. The van der Waals surface area contributed by atoms with E-state index in [0.717, 1.165) is 49.6 Å². The Balaban J connectivity index is 1.11. The maximum Gasteiger partial charge on any atom is 0.275 e. The highest BCUT2D eigenvalue weighted by Crippen LogP contribution is 2.35. The normalized spacial score (nSPS) is 17.9. The fourth-order valence-electron chi connectivity index (χ4n) is 5.11. The Bertz CT molecular complexity index is 1630. The average Bonchev–Trinajstić information content (AvgIpc) is 3.43. The summed E-state index contributed by atoms with van der Waals surface area (Å²) in [6, 6.07) is 2.05. The van der Waals surface area contributed by atoms with Gasteiger partial charge in [-0.15, -0.1) is 0 Å². The van der Waals surface area contributed by atoms with Gasteiger partial charge in [0, 0.05) is 67.5 Å². The van der Waals surface area contributed by atoms with Crippen molar-refractivity contribution in [2.75, 3.05) is 36.4 Å². The molecule has 0 aliphatic carbocycles. The van der Waals surface area contributed by atoms with Gasteiger partial charge in [0.15, 0.2) is 5.82 Å². The molecule has 2 saturated heterocycles. The van der Waals surface area contributed by atoms with Crippen molar-refractivity contribution in [3.63, 3.8) is 0 Å². The van der Waals surface area contributed by atoms with E-state index in [1.54, 1.807) is 23.3 Å². The first-order chi connectivity index (χ1) is 20.7. The van der Waals surface area contributed by atoms with Crippen LogP contribution in [0.4, 0.5) is 29.2 Å². The van der Waals surface area contributed by atoms with Crippen LogP contribution in [0.25, 0.3) is 11.3 Å². The number of hydrogen-bond acceptors (Lipinski definition) is 8. The lowest BCUT2D eigenvalue weighted by Gasteiger charge is -2.46. The van der Waals surface area contributed by atoms with Crippen LogP contribution in [0, 0.1) is 5.82 Å². The zero-order valence-electron chi connectivity index (χ0n) is 22.8. The van der Waals surface area contributed by atoms with Gasteiger partial charge in [0.1, 0.15) is 11.9 Å². The van der Waals surface area contributed by atoms with Crippen molar-refractivity contribution in [3.05, 3.63) is 77.0 Å². The molecule has 2 aliphatic rings. The fourth-order valence-corrected chi connectivity index (χ4v) is 5.27. The highest BCUT2D eigenvalue weighted by Gasteiger charge is 2.35. The largest absolute Gasteiger partial charge is 0.336 e. The molecule has 224 valence electrons. The van der Waals surface area contributed by atoms with E-state index in [1.807, 2.05) is 6.92 Å². The number of nitrogens with one attached hydrogen (secondary N) is 1. The smallest absolute Gasteiger partial charge is 0.275 e. The van der Waals surface area contributed by atoms with E-state index in [4.69, 9.17) is 11.6 Å². The number of carbonyl (C=O) groups is 1. The van der Waals surface area contributed by atoms with Crippen LogP contribution in [0.3, 0.4) is 0 Å². The van der Waals surface area contributed by atoms with E-state index in [1.165, 1.54) is 6.20 Å². The quantitative estimate of drug-likeness (QED) is 0.264. The number of benzene rings is 1. The Labute approximate surface area is 248 Å². The summed E-state index contributed by atoms with van der Waals surface area (Å²) in [6.45, 7) is 4.52. The first-order valence-electron chi connectivity index (χ1n) is 13.6. The molecule has 0 bridgehead atoms. The topological polar surface area (TPSA) is 105 Å². The summed E-state index contributed by atoms with van der Waals surface area (Å²) >= 11 is 5.81. The molecule has 5 heterocycles. The van der Waals surface area contributed by atoms with Crippen LogP contribution in [-0.2, 0) is 0 Å². The summed E-state index contributed by atoms with van der Waals surface area (Å²) in [7, 11) is 0. The van der Waals surface area contributed by atoms with Gasteiger partial charge in [0.2, 0.25) is 5.95 Å². The highest BCUT2D eigenvalue weighted by molar-refractivity contribution is 6.31. The summed E-state index contributed by atoms with van der Waals surface area (Å²) in [5, 5.41) is 6.61. The molecule has 1 N–H and O–H groups in total. The van der Waals surface area contributed by atoms with E-state index in [2.05, 4.69) is 40.2 Å². The van der Waals surface area contributed by atoms with Gasteiger partial charge in [-0.05, 0) is 19.4 Å². The second-order valence-electron chi connectivity index (χ2n) is 10.5. The third-order valence-electron chi connectivity index (χ3n) is 7.66. The van der Waals surface area contributed by atoms with Crippen molar-refractivity contribution in [2.45, 2.75) is 38.0 Å². The number of nitrogens with zero attached hydrogens (tertiary/aromatic N) is 8. The summed E-state index contributed by atoms with van der Waals surface area (Å²) in [4.78, 5) is 34.2. The van der Waals surface area contributed by atoms with Crippen molar-refractivity contribution in [3.8, 4) is 11.3 Å². The second kappa shape index (κ2) is 11.8. The van der Waals surface area contributed by atoms with Crippen LogP contribution in [0.1, 0.15) is 47.4 Å². The number of amides is 1. The zero-order valence-corrected chi connectivity index (χ0v) is 23.6. The van der Waals surface area contributed by atoms with Crippen LogP contribution >= 0.6 is 11.6 Å². The number of likely N-dealkylation sites (tertiary alicyclic amines) is 1. The number of alkyl halides is 3. The van der Waals surface area contributed by atoms with E-state index in [0.29, 0.717) is 24.7 Å². The van der Waals surface area contributed by atoms with Crippen molar-refractivity contribution < 1.29 is 22.4 Å². The highest BCUT2D eigenvalue weighted by atomic mass is 35.5. The van der Waals surface area contributed by atoms with E-state index >= 15 is 0 Å². The first-order valence-corrected chi connectivity index (χ1v) is 13.9. The van der Waals surface area contributed by atoms with Gasteiger partial charge in [0.25, 0.3) is 12.3 Å². The molecule has 6 rings (SSSR count). The van der Waals surface area contributed by atoms with Crippen molar-refractivity contribution in [1.82, 2.24) is 34.6 Å².